The Morgan fingerprint density at radius 3 is 2.83 bits per heavy atom. The number of aryl methyl sites for hydroxylation is 1. The number of amides is 2. The normalized spacial score (nSPS) is 23.8. The lowest BCUT2D eigenvalue weighted by molar-refractivity contribution is 0.211. The molecule has 120 valence electrons. The number of hydrogen-bond acceptors (Lipinski definition) is 5. The number of carbonyl (C=O) groups is 1. The Morgan fingerprint density at radius 2 is 2.04 bits per heavy atom. The number of likely N-dealkylation sites (N-methyl/N-ethyl adjacent to an activating group) is 1. The molecule has 0 saturated carbocycles. The molecule has 8 heteroatoms. The number of carbonyl (C=O) groups excluding carboxylic acids is 1. The molecule has 2 atom stereocenters. The van der Waals surface area contributed by atoms with Gasteiger partial charge in [-0.05, 0) is 35.9 Å². The predicted octanol–water partition coefficient (Wildman–Crippen LogP) is 0.573. The molecule has 1 aromatic heterocycles. The molecule has 2 saturated heterocycles. The zero-order valence-electron chi connectivity index (χ0n) is 13.2. The summed E-state index contributed by atoms with van der Waals surface area (Å²) in [5, 5.41) is 15.2. The zero-order valence-corrected chi connectivity index (χ0v) is 13.2. The number of tetrazole rings is 1. The average Bonchev–Trinajstić information content (AvgIpc) is 3.14. The third-order valence-electron chi connectivity index (χ3n) is 4.72. The van der Waals surface area contributed by atoms with E-state index in [0.29, 0.717) is 6.54 Å². The van der Waals surface area contributed by atoms with E-state index in [-0.39, 0.29) is 18.1 Å². The van der Waals surface area contributed by atoms with Crippen LogP contribution in [0.5, 0.6) is 0 Å². The first kappa shape index (κ1) is 14.0. The fourth-order valence-electron chi connectivity index (χ4n) is 3.37. The molecular formula is C15H19N7O. The van der Waals surface area contributed by atoms with Gasteiger partial charge in [-0.25, -0.2) is 4.79 Å². The summed E-state index contributed by atoms with van der Waals surface area (Å²) in [7, 11) is 1.85. The van der Waals surface area contributed by atoms with Gasteiger partial charge in [0.1, 0.15) is 0 Å². The number of piperidine rings is 1. The van der Waals surface area contributed by atoms with Crippen LogP contribution >= 0.6 is 0 Å². The van der Waals surface area contributed by atoms with Crippen LogP contribution in [-0.2, 0) is 0 Å². The van der Waals surface area contributed by atoms with Gasteiger partial charge >= 0.3 is 6.03 Å². The first-order valence-corrected chi connectivity index (χ1v) is 7.77. The SMILES string of the molecule is Cc1ccc(-n2nnnc2N2CC[C@H]3[C@@H](C2)NC(=O)N3C)cc1. The lowest BCUT2D eigenvalue weighted by Crippen LogP contribution is -2.51. The van der Waals surface area contributed by atoms with Crippen LogP contribution in [0.2, 0.25) is 0 Å². The van der Waals surface area contributed by atoms with Crippen LogP contribution in [0.15, 0.2) is 24.3 Å². The summed E-state index contributed by atoms with van der Waals surface area (Å²) < 4.78 is 1.75. The van der Waals surface area contributed by atoms with Gasteiger partial charge in [0, 0.05) is 20.1 Å². The molecule has 2 aromatic rings. The van der Waals surface area contributed by atoms with Crippen molar-refractivity contribution >= 4 is 12.0 Å². The predicted molar refractivity (Wildman–Crippen MR) is 84.6 cm³/mol. The number of nitrogens with one attached hydrogen (secondary N) is 1. The van der Waals surface area contributed by atoms with Gasteiger partial charge < -0.3 is 15.1 Å². The van der Waals surface area contributed by atoms with Crippen molar-refractivity contribution in [3.05, 3.63) is 29.8 Å². The number of benzene rings is 1. The topological polar surface area (TPSA) is 79.2 Å². The third-order valence-corrected chi connectivity index (χ3v) is 4.72. The number of anilines is 1. The Kier molecular flexibility index (Phi) is 3.17. The van der Waals surface area contributed by atoms with Gasteiger partial charge in [0.2, 0.25) is 5.95 Å². The molecule has 2 fully saturated rings. The maximum atomic E-state index is 11.8. The molecule has 2 aliphatic rings. The number of rotatable bonds is 2. The minimum atomic E-state index is -0.0000218. The molecule has 0 bridgehead atoms. The van der Waals surface area contributed by atoms with Crippen molar-refractivity contribution in [2.75, 3.05) is 25.0 Å². The van der Waals surface area contributed by atoms with Crippen LogP contribution < -0.4 is 10.2 Å². The van der Waals surface area contributed by atoms with Gasteiger partial charge in [-0.2, -0.15) is 4.68 Å². The fourth-order valence-corrected chi connectivity index (χ4v) is 3.37. The average molecular weight is 313 g/mol. The van der Waals surface area contributed by atoms with Crippen LogP contribution in [0, 0.1) is 6.92 Å². The molecule has 4 rings (SSSR count). The quantitative estimate of drug-likeness (QED) is 0.877. The van der Waals surface area contributed by atoms with Crippen molar-refractivity contribution in [3.8, 4) is 5.69 Å². The second kappa shape index (κ2) is 5.22. The van der Waals surface area contributed by atoms with Gasteiger partial charge in [-0.1, -0.05) is 22.8 Å². The van der Waals surface area contributed by atoms with Gasteiger partial charge in [-0.15, -0.1) is 0 Å². The molecule has 2 aliphatic heterocycles. The molecule has 3 heterocycles. The molecule has 23 heavy (non-hydrogen) atoms. The second-order valence-electron chi connectivity index (χ2n) is 6.20. The van der Waals surface area contributed by atoms with Crippen molar-refractivity contribution in [1.82, 2.24) is 30.4 Å². The molecule has 8 nitrogen and oxygen atoms in total. The molecule has 1 aromatic carbocycles. The highest BCUT2D eigenvalue weighted by atomic mass is 16.2. The summed E-state index contributed by atoms with van der Waals surface area (Å²) in [6.45, 7) is 3.59. The smallest absolute Gasteiger partial charge is 0.317 e. The number of hydrogen-bond donors (Lipinski definition) is 1. The Balaban J connectivity index is 1.59. The molecule has 1 N–H and O–H groups in total. The van der Waals surface area contributed by atoms with Crippen molar-refractivity contribution in [3.63, 3.8) is 0 Å². The van der Waals surface area contributed by atoms with E-state index in [1.165, 1.54) is 5.56 Å². The number of nitrogens with zero attached hydrogens (tertiary/aromatic N) is 6. The van der Waals surface area contributed by atoms with Gasteiger partial charge in [0.15, 0.2) is 0 Å². The molecule has 0 radical (unpaired) electrons. The maximum Gasteiger partial charge on any atom is 0.317 e. The van der Waals surface area contributed by atoms with Crippen molar-refractivity contribution in [2.45, 2.75) is 25.4 Å². The van der Waals surface area contributed by atoms with Crippen LogP contribution in [0.3, 0.4) is 0 Å². The van der Waals surface area contributed by atoms with Crippen LogP contribution in [0.1, 0.15) is 12.0 Å². The zero-order chi connectivity index (χ0) is 16.0. The summed E-state index contributed by atoms with van der Waals surface area (Å²) in [6.07, 6.45) is 0.903. The van der Waals surface area contributed by atoms with Crippen molar-refractivity contribution in [2.24, 2.45) is 0 Å². The number of fused-ring (bicyclic) bond motifs is 1. The van der Waals surface area contributed by atoms with Crippen molar-refractivity contribution in [1.29, 1.82) is 0 Å². The van der Waals surface area contributed by atoms with E-state index >= 15 is 0 Å². The highest BCUT2D eigenvalue weighted by Crippen LogP contribution is 2.25. The minimum absolute atomic E-state index is 0.0000218. The lowest BCUT2D eigenvalue weighted by Gasteiger charge is -2.35. The maximum absolute atomic E-state index is 11.8. The summed E-state index contributed by atoms with van der Waals surface area (Å²) in [4.78, 5) is 15.7. The van der Waals surface area contributed by atoms with Crippen LogP contribution in [0.25, 0.3) is 5.69 Å². The molecule has 0 spiro atoms. The van der Waals surface area contributed by atoms with E-state index in [2.05, 4.69) is 25.7 Å². The standard InChI is InChI=1S/C15H19N7O/c1-10-3-5-11(6-4-10)22-14(17-18-19-22)21-8-7-13-12(9-21)16-15(23)20(13)2/h3-6,12-13H,7-9H2,1-2H3,(H,16,23)/t12-,13+/m1/s1. The van der Waals surface area contributed by atoms with Gasteiger partial charge in [-0.3, -0.25) is 0 Å². The molecule has 0 unspecified atom stereocenters. The van der Waals surface area contributed by atoms with Crippen LogP contribution in [-0.4, -0.2) is 63.4 Å². The number of urea groups is 1. The second-order valence-corrected chi connectivity index (χ2v) is 6.20. The lowest BCUT2D eigenvalue weighted by atomic mass is 10.0. The number of aromatic nitrogens is 4. The Hall–Kier alpha value is -2.64. The highest BCUT2D eigenvalue weighted by molar-refractivity contribution is 5.77. The minimum Gasteiger partial charge on any atom is -0.337 e. The largest absolute Gasteiger partial charge is 0.337 e. The van der Waals surface area contributed by atoms with E-state index in [9.17, 15) is 4.79 Å². The summed E-state index contributed by atoms with van der Waals surface area (Å²) in [5.41, 5.74) is 2.13. The third kappa shape index (κ3) is 2.30. The van der Waals surface area contributed by atoms with E-state index in [1.54, 1.807) is 9.58 Å². The van der Waals surface area contributed by atoms with Gasteiger partial charge in [0.05, 0.1) is 17.8 Å². The molecule has 0 aliphatic carbocycles. The van der Waals surface area contributed by atoms with E-state index in [1.807, 2.05) is 38.2 Å². The summed E-state index contributed by atoms with van der Waals surface area (Å²) in [6, 6.07) is 8.46. The first-order chi connectivity index (χ1) is 11.1. The van der Waals surface area contributed by atoms with E-state index in [4.69, 9.17) is 0 Å². The molecule has 2 amide bonds. The summed E-state index contributed by atoms with van der Waals surface area (Å²) in [5.74, 6) is 0.719. The first-order valence-electron chi connectivity index (χ1n) is 7.77. The monoisotopic (exact) mass is 313 g/mol. The van der Waals surface area contributed by atoms with Gasteiger partial charge in [0.25, 0.3) is 0 Å². The van der Waals surface area contributed by atoms with E-state index in [0.717, 1.165) is 24.6 Å². The Bertz CT molecular complexity index is 726. The van der Waals surface area contributed by atoms with Crippen LogP contribution in [0.4, 0.5) is 10.7 Å². The fraction of sp³-hybridized carbons (Fsp3) is 0.467. The molecular weight excluding hydrogens is 294 g/mol. The Morgan fingerprint density at radius 1 is 1.26 bits per heavy atom. The van der Waals surface area contributed by atoms with E-state index < -0.39 is 0 Å². The Labute approximate surface area is 134 Å². The highest BCUT2D eigenvalue weighted by Gasteiger charge is 2.41. The van der Waals surface area contributed by atoms with Crippen molar-refractivity contribution < 1.29 is 4.79 Å². The summed E-state index contributed by atoms with van der Waals surface area (Å²) >= 11 is 0.